The average molecular weight is 406 g/mol. The summed E-state index contributed by atoms with van der Waals surface area (Å²) >= 11 is 0. The predicted octanol–water partition coefficient (Wildman–Crippen LogP) is 2.16. The van der Waals surface area contributed by atoms with Gasteiger partial charge in [0.15, 0.2) is 30.0 Å². The van der Waals surface area contributed by atoms with Crippen molar-refractivity contribution in [2.24, 2.45) is 4.99 Å². The van der Waals surface area contributed by atoms with Crippen LogP contribution in [0, 0.1) is 5.82 Å². The van der Waals surface area contributed by atoms with E-state index in [4.69, 9.17) is 4.74 Å². The number of amides is 1. The van der Waals surface area contributed by atoms with Crippen molar-refractivity contribution >= 4 is 23.8 Å². The molecule has 0 bridgehead atoms. The highest BCUT2D eigenvalue weighted by Crippen LogP contribution is 2.24. The van der Waals surface area contributed by atoms with Crippen molar-refractivity contribution in [1.29, 1.82) is 0 Å². The average Bonchev–Trinajstić information content (AvgIpc) is 2.69. The van der Waals surface area contributed by atoms with Gasteiger partial charge >= 0.3 is 6.55 Å². The number of halogens is 3. The van der Waals surface area contributed by atoms with Crippen LogP contribution in [0.3, 0.4) is 0 Å². The lowest BCUT2D eigenvalue weighted by Gasteiger charge is -2.11. The van der Waals surface area contributed by atoms with E-state index in [0.717, 1.165) is 10.1 Å². The van der Waals surface area contributed by atoms with Crippen molar-refractivity contribution in [1.82, 2.24) is 15.3 Å². The molecular formula is C19H19F3N5O2+. The molecule has 2 aromatic rings. The number of carbonyl (C=O) groups is 1. The molecule has 3 rings (SSSR count). The number of methoxy groups -OCH3 is 1. The standard InChI is InChI=1S/C19H18F3N5O2/c1-23-17(28)13-5-12(16(20)15(6-13)29-2)4-3-11-7-24-19(25-8-11)26-14-9-27(10-14)18(21)22/h5-9,18H,3-4,10H2,1-2H3/p+1. The number of aliphatic imine (C=N–C) groups is 1. The maximum Gasteiger partial charge on any atom is 0.446 e. The number of aryl methyl sites for hydroxylation is 2. The Morgan fingerprint density at radius 2 is 2.00 bits per heavy atom. The van der Waals surface area contributed by atoms with Gasteiger partial charge in [-0.1, -0.05) is 0 Å². The van der Waals surface area contributed by atoms with E-state index in [1.165, 1.54) is 32.5 Å². The zero-order valence-corrected chi connectivity index (χ0v) is 15.8. The Hall–Kier alpha value is -3.30. The largest absolute Gasteiger partial charge is 0.494 e. The Balaban J connectivity index is 1.69. The summed E-state index contributed by atoms with van der Waals surface area (Å²) in [6.45, 7) is -2.50. The first kappa shape index (κ1) is 20.4. The van der Waals surface area contributed by atoms with E-state index in [1.54, 1.807) is 12.4 Å². The second kappa shape index (κ2) is 8.80. The third kappa shape index (κ3) is 4.76. The lowest BCUT2D eigenvalue weighted by molar-refractivity contribution is -0.617. The first-order chi connectivity index (χ1) is 13.9. The highest BCUT2D eigenvalue weighted by molar-refractivity contribution is 6.33. The molecular weight excluding hydrogens is 387 g/mol. The number of alkyl halides is 2. The molecule has 0 atom stereocenters. The molecule has 29 heavy (non-hydrogen) atoms. The normalized spacial score (nSPS) is 14.6. The van der Waals surface area contributed by atoms with Crippen molar-refractivity contribution in [3.05, 3.63) is 47.0 Å². The van der Waals surface area contributed by atoms with Gasteiger partial charge in [-0.2, -0.15) is 4.58 Å². The summed E-state index contributed by atoms with van der Waals surface area (Å²) in [4.78, 5) is 24.1. The smallest absolute Gasteiger partial charge is 0.446 e. The second-order valence-corrected chi connectivity index (χ2v) is 6.30. The third-order valence-electron chi connectivity index (χ3n) is 4.35. The molecule has 10 heteroatoms. The number of aromatic nitrogens is 2. The summed E-state index contributed by atoms with van der Waals surface area (Å²) < 4.78 is 45.1. The molecule has 0 unspecified atom stereocenters. The van der Waals surface area contributed by atoms with Gasteiger partial charge in [-0.15, -0.1) is 8.78 Å². The predicted molar refractivity (Wildman–Crippen MR) is 100 cm³/mol. The Labute approximate surface area is 165 Å². The van der Waals surface area contributed by atoms with E-state index >= 15 is 0 Å². The van der Waals surface area contributed by atoms with Crippen LogP contribution in [0.2, 0.25) is 0 Å². The molecule has 0 fully saturated rings. The molecule has 0 spiro atoms. The molecule has 1 aromatic carbocycles. The monoisotopic (exact) mass is 406 g/mol. The molecule has 0 aliphatic carbocycles. The SMILES string of the molecule is CNC(=O)c1cc(CCc2cnc(N=C3C=[N+](C(F)F)C3)nc2)c(F)c(OC)c1. The second-order valence-electron chi connectivity index (χ2n) is 6.30. The molecule has 1 amide bonds. The zero-order valence-electron chi connectivity index (χ0n) is 15.8. The van der Waals surface area contributed by atoms with E-state index < -0.39 is 12.4 Å². The Kier molecular flexibility index (Phi) is 6.20. The minimum atomic E-state index is -2.54. The van der Waals surface area contributed by atoms with Gasteiger partial charge in [-0.3, -0.25) is 4.79 Å². The molecule has 1 aliphatic heterocycles. The molecule has 0 saturated heterocycles. The summed E-state index contributed by atoms with van der Waals surface area (Å²) in [5, 5.41) is 2.50. The highest BCUT2D eigenvalue weighted by atomic mass is 19.3. The Morgan fingerprint density at radius 3 is 2.59 bits per heavy atom. The van der Waals surface area contributed by atoms with Crippen molar-refractivity contribution in [3.63, 3.8) is 0 Å². The number of nitrogens with zero attached hydrogens (tertiary/aromatic N) is 4. The van der Waals surface area contributed by atoms with E-state index in [-0.39, 0.29) is 24.1 Å². The van der Waals surface area contributed by atoms with Gasteiger partial charge in [0.25, 0.3) is 5.91 Å². The van der Waals surface area contributed by atoms with Gasteiger partial charge in [0.05, 0.1) is 7.11 Å². The lowest BCUT2D eigenvalue weighted by atomic mass is 10.0. The van der Waals surface area contributed by atoms with Crippen molar-refractivity contribution < 1.29 is 27.3 Å². The number of rotatable bonds is 7. The Morgan fingerprint density at radius 1 is 1.31 bits per heavy atom. The first-order valence-corrected chi connectivity index (χ1v) is 8.77. The molecule has 1 N–H and O–H groups in total. The van der Waals surface area contributed by atoms with Crippen LogP contribution in [0.5, 0.6) is 5.75 Å². The number of hydrogen-bond donors (Lipinski definition) is 1. The number of benzene rings is 1. The first-order valence-electron chi connectivity index (χ1n) is 8.77. The van der Waals surface area contributed by atoms with Crippen LogP contribution in [0.4, 0.5) is 19.1 Å². The van der Waals surface area contributed by atoms with Gasteiger partial charge in [-0.05, 0) is 36.1 Å². The van der Waals surface area contributed by atoms with E-state index in [9.17, 15) is 18.0 Å². The van der Waals surface area contributed by atoms with Crippen molar-refractivity contribution in [3.8, 4) is 5.75 Å². The maximum atomic E-state index is 14.5. The molecule has 0 radical (unpaired) electrons. The summed E-state index contributed by atoms with van der Waals surface area (Å²) in [5.41, 5.74) is 1.85. The van der Waals surface area contributed by atoms with Gasteiger partial charge in [-0.25, -0.2) is 19.4 Å². The minimum absolute atomic E-state index is 0.00175. The van der Waals surface area contributed by atoms with Crippen LogP contribution in [-0.2, 0) is 12.8 Å². The minimum Gasteiger partial charge on any atom is -0.494 e. The molecule has 1 aliphatic rings. The van der Waals surface area contributed by atoms with Crippen LogP contribution in [0.1, 0.15) is 21.5 Å². The maximum absolute atomic E-state index is 14.5. The molecule has 0 saturated carbocycles. The molecule has 152 valence electrons. The number of nitrogens with one attached hydrogen (secondary N) is 1. The fourth-order valence-corrected chi connectivity index (χ4v) is 2.75. The van der Waals surface area contributed by atoms with Crippen molar-refractivity contribution in [2.45, 2.75) is 19.4 Å². The van der Waals surface area contributed by atoms with E-state index in [2.05, 4.69) is 20.3 Å². The lowest BCUT2D eigenvalue weighted by Crippen LogP contribution is -2.39. The van der Waals surface area contributed by atoms with Crippen LogP contribution in [-0.4, -0.2) is 59.6 Å². The molecule has 7 nitrogen and oxygen atoms in total. The Bertz CT molecular complexity index is 975. The van der Waals surface area contributed by atoms with Gasteiger partial charge in [0.2, 0.25) is 5.95 Å². The fraction of sp³-hybridized carbons (Fsp3) is 0.316. The highest BCUT2D eigenvalue weighted by Gasteiger charge is 2.30. The summed E-state index contributed by atoms with van der Waals surface area (Å²) in [6.07, 6.45) is 5.08. The van der Waals surface area contributed by atoms with Gasteiger partial charge in [0, 0.05) is 25.0 Å². The fourth-order valence-electron chi connectivity index (χ4n) is 2.75. The number of carbonyl (C=O) groups excluding carboxylic acids is 1. The summed E-state index contributed by atoms with van der Waals surface area (Å²) in [7, 11) is 2.83. The molecule has 1 aromatic heterocycles. The van der Waals surface area contributed by atoms with Crippen molar-refractivity contribution in [2.75, 3.05) is 20.7 Å². The van der Waals surface area contributed by atoms with E-state index in [1.807, 2.05) is 0 Å². The molecule has 2 heterocycles. The summed E-state index contributed by atoms with van der Waals surface area (Å²) in [6, 6.07) is 2.83. The van der Waals surface area contributed by atoms with Gasteiger partial charge in [0.1, 0.15) is 0 Å². The summed E-state index contributed by atoms with van der Waals surface area (Å²) in [5.74, 6) is -0.691. The number of ether oxygens (including phenoxy) is 1. The zero-order chi connectivity index (χ0) is 21.0. The number of hydrogen-bond acceptors (Lipinski definition) is 5. The van der Waals surface area contributed by atoms with Crippen LogP contribution in [0.15, 0.2) is 29.5 Å². The van der Waals surface area contributed by atoms with Gasteiger partial charge < -0.3 is 10.1 Å². The van der Waals surface area contributed by atoms with E-state index in [0.29, 0.717) is 29.7 Å². The van der Waals surface area contributed by atoms with Crippen LogP contribution >= 0.6 is 0 Å². The van der Waals surface area contributed by atoms with Crippen LogP contribution in [0.25, 0.3) is 0 Å². The quantitative estimate of drug-likeness (QED) is 0.565. The third-order valence-corrected chi connectivity index (χ3v) is 4.35. The topological polar surface area (TPSA) is 79.5 Å². The van der Waals surface area contributed by atoms with Crippen LogP contribution < -0.4 is 10.1 Å².